The summed E-state index contributed by atoms with van der Waals surface area (Å²) in [5.74, 6) is -0.0683. The minimum Gasteiger partial charge on any atom is -0.372 e. The van der Waals surface area contributed by atoms with Gasteiger partial charge in [-0.05, 0) is 26.7 Å². The lowest BCUT2D eigenvalue weighted by atomic mass is 10.0. The first-order chi connectivity index (χ1) is 11.0. The van der Waals surface area contributed by atoms with Gasteiger partial charge in [0.25, 0.3) is 0 Å². The molecule has 1 aromatic heterocycles. The molecule has 1 aromatic rings. The second-order valence-electron chi connectivity index (χ2n) is 6.22. The molecule has 1 aliphatic heterocycles. The quantitative estimate of drug-likeness (QED) is 0.745. The maximum Gasteiger partial charge on any atom is 0.246 e. The van der Waals surface area contributed by atoms with Crippen LogP contribution in [0.4, 0.5) is 0 Å². The van der Waals surface area contributed by atoms with Crippen LogP contribution in [-0.4, -0.2) is 41.6 Å². The lowest BCUT2D eigenvalue weighted by Gasteiger charge is -2.20. The molecule has 2 atom stereocenters. The smallest absolute Gasteiger partial charge is 0.246 e. The Kier molecular flexibility index (Phi) is 6.59. The number of carbonyl (C=O) groups excluding carboxylic acids is 1. The molecule has 0 bridgehead atoms. The van der Waals surface area contributed by atoms with Gasteiger partial charge in [-0.25, -0.2) is 0 Å². The molecule has 130 valence electrons. The second-order valence-corrected chi connectivity index (χ2v) is 6.22. The molecule has 6 nitrogen and oxygen atoms in total. The van der Waals surface area contributed by atoms with Crippen molar-refractivity contribution in [3.8, 4) is 0 Å². The number of aryl methyl sites for hydroxylation is 2. The minimum absolute atomic E-state index is 0.0108. The molecule has 23 heavy (non-hydrogen) atoms. The van der Waals surface area contributed by atoms with Crippen molar-refractivity contribution in [1.82, 2.24) is 15.1 Å². The van der Waals surface area contributed by atoms with Crippen molar-refractivity contribution in [2.75, 3.05) is 19.8 Å². The lowest BCUT2D eigenvalue weighted by molar-refractivity contribution is -0.126. The van der Waals surface area contributed by atoms with Crippen LogP contribution in [0.1, 0.15) is 55.7 Å². The van der Waals surface area contributed by atoms with Gasteiger partial charge in [-0.15, -0.1) is 0 Å². The molecule has 0 saturated carbocycles. The Morgan fingerprint density at radius 2 is 2.22 bits per heavy atom. The number of aromatic nitrogens is 2. The van der Waals surface area contributed by atoms with Crippen molar-refractivity contribution in [3.05, 3.63) is 17.0 Å². The molecule has 0 aliphatic carbocycles. The average Bonchev–Trinajstić information content (AvgIpc) is 3.04. The molecule has 1 N–H and O–H groups in total. The summed E-state index contributed by atoms with van der Waals surface area (Å²) < 4.78 is 13.2. The van der Waals surface area contributed by atoms with Crippen LogP contribution in [0.15, 0.2) is 0 Å². The van der Waals surface area contributed by atoms with E-state index in [1.54, 1.807) is 0 Å². The van der Waals surface area contributed by atoms with Crippen LogP contribution < -0.4 is 5.32 Å². The van der Waals surface area contributed by atoms with Crippen LogP contribution in [0, 0.1) is 13.8 Å². The van der Waals surface area contributed by atoms with Crippen molar-refractivity contribution in [1.29, 1.82) is 0 Å². The van der Waals surface area contributed by atoms with Gasteiger partial charge >= 0.3 is 0 Å². The van der Waals surface area contributed by atoms with E-state index < -0.39 is 0 Å². The number of amides is 1. The number of ether oxygens (including phenoxy) is 2. The van der Waals surface area contributed by atoms with E-state index in [1.807, 2.05) is 25.6 Å². The summed E-state index contributed by atoms with van der Waals surface area (Å²) in [5, 5.41) is 7.50. The third-order valence-electron chi connectivity index (χ3n) is 4.41. The van der Waals surface area contributed by atoms with Crippen molar-refractivity contribution in [2.24, 2.45) is 7.05 Å². The maximum atomic E-state index is 12.1. The van der Waals surface area contributed by atoms with Crippen molar-refractivity contribution in [2.45, 2.75) is 58.6 Å². The predicted octanol–water partition coefficient (Wildman–Crippen LogP) is 2.19. The van der Waals surface area contributed by atoms with E-state index in [4.69, 9.17) is 9.47 Å². The highest BCUT2D eigenvalue weighted by molar-refractivity contribution is 5.77. The fourth-order valence-electron chi connectivity index (χ4n) is 3.09. The summed E-state index contributed by atoms with van der Waals surface area (Å²) in [6, 6.07) is -0.0108. The summed E-state index contributed by atoms with van der Waals surface area (Å²) in [6.07, 6.45) is 4.00. The van der Waals surface area contributed by atoms with Crippen molar-refractivity contribution < 1.29 is 14.3 Å². The van der Waals surface area contributed by atoms with Crippen LogP contribution in [0.3, 0.4) is 0 Å². The van der Waals surface area contributed by atoms with E-state index in [2.05, 4.69) is 17.3 Å². The molecule has 6 heteroatoms. The Hall–Kier alpha value is -1.40. The highest BCUT2D eigenvalue weighted by atomic mass is 16.5. The molecule has 1 aliphatic rings. The lowest BCUT2D eigenvalue weighted by Crippen LogP contribution is -2.39. The van der Waals surface area contributed by atoms with Crippen LogP contribution in [0.25, 0.3) is 0 Å². The number of nitrogens with zero attached hydrogens (tertiary/aromatic N) is 2. The molecule has 1 amide bonds. The summed E-state index contributed by atoms with van der Waals surface area (Å²) in [6.45, 7) is 7.59. The number of nitrogens with one attached hydrogen (secondary N) is 1. The third-order valence-corrected chi connectivity index (χ3v) is 4.41. The molecule has 0 spiro atoms. The molecule has 0 radical (unpaired) electrons. The normalized spacial score (nSPS) is 20.9. The zero-order chi connectivity index (χ0) is 16.8. The fraction of sp³-hybridized carbons (Fsp3) is 0.765. The van der Waals surface area contributed by atoms with E-state index in [1.165, 1.54) is 0 Å². The van der Waals surface area contributed by atoms with Crippen molar-refractivity contribution >= 4 is 5.91 Å². The van der Waals surface area contributed by atoms with Gasteiger partial charge in [0.2, 0.25) is 5.91 Å². The number of rotatable bonds is 8. The Morgan fingerprint density at radius 1 is 1.43 bits per heavy atom. The maximum absolute atomic E-state index is 12.1. The van der Waals surface area contributed by atoms with E-state index >= 15 is 0 Å². The zero-order valence-corrected chi connectivity index (χ0v) is 14.7. The Balaban J connectivity index is 1.88. The van der Waals surface area contributed by atoms with Gasteiger partial charge in [0.15, 0.2) is 0 Å². The summed E-state index contributed by atoms with van der Waals surface area (Å²) in [5.41, 5.74) is 3.15. The summed E-state index contributed by atoms with van der Waals surface area (Å²) in [7, 11) is 1.93. The molecule has 0 unspecified atom stereocenters. The number of hydrogen-bond donors (Lipinski definition) is 1. The molecular weight excluding hydrogens is 294 g/mol. The van der Waals surface area contributed by atoms with E-state index in [0.29, 0.717) is 13.2 Å². The average molecular weight is 323 g/mol. The van der Waals surface area contributed by atoms with Gasteiger partial charge in [-0.1, -0.05) is 19.8 Å². The van der Waals surface area contributed by atoms with Crippen LogP contribution in [0.5, 0.6) is 0 Å². The van der Waals surface area contributed by atoms with Gasteiger partial charge in [0.05, 0.1) is 11.7 Å². The van der Waals surface area contributed by atoms with Gasteiger partial charge in [0, 0.05) is 31.5 Å². The highest BCUT2D eigenvalue weighted by Crippen LogP contribution is 2.33. The molecule has 1 fully saturated rings. The summed E-state index contributed by atoms with van der Waals surface area (Å²) >= 11 is 0. The van der Waals surface area contributed by atoms with Gasteiger partial charge in [-0.2, -0.15) is 5.10 Å². The Labute approximate surface area is 138 Å². The standard InChI is InChI=1S/C17H29N3O3/c1-5-6-7-9-22-11-15(21)18-14-8-10-23-17(14)16-12(2)19-20(4)13(16)3/h14,17H,5-11H2,1-4H3,(H,18,21)/t14-,17-/m1/s1. The molecule has 2 rings (SSSR count). The topological polar surface area (TPSA) is 65.4 Å². The largest absolute Gasteiger partial charge is 0.372 e. The number of unbranched alkanes of at least 4 members (excludes halogenated alkanes) is 2. The van der Waals surface area contributed by atoms with E-state index in [-0.39, 0.29) is 24.7 Å². The Morgan fingerprint density at radius 3 is 2.87 bits per heavy atom. The minimum atomic E-state index is -0.118. The van der Waals surface area contributed by atoms with Crippen LogP contribution in [-0.2, 0) is 21.3 Å². The van der Waals surface area contributed by atoms with Gasteiger partial charge in [0.1, 0.15) is 12.7 Å². The SMILES string of the molecule is CCCCCOCC(=O)N[C@@H]1CCO[C@H]1c1c(C)nn(C)c1C. The van der Waals surface area contributed by atoms with Crippen molar-refractivity contribution in [3.63, 3.8) is 0 Å². The second kappa shape index (κ2) is 8.45. The van der Waals surface area contributed by atoms with Crippen LogP contribution >= 0.6 is 0 Å². The first-order valence-electron chi connectivity index (χ1n) is 8.53. The predicted molar refractivity (Wildman–Crippen MR) is 88.3 cm³/mol. The van der Waals surface area contributed by atoms with Gasteiger partial charge in [-0.3, -0.25) is 9.48 Å². The van der Waals surface area contributed by atoms with Gasteiger partial charge < -0.3 is 14.8 Å². The van der Waals surface area contributed by atoms with E-state index in [9.17, 15) is 4.79 Å². The van der Waals surface area contributed by atoms with Crippen LogP contribution in [0.2, 0.25) is 0 Å². The first-order valence-corrected chi connectivity index (χ1v) is 8.53. The highest BCUT2D eigenvalue weighted by Gasteiger charge is 2.34. The third kappa shape index (κ3) is 4.54. The zero-order valence-electron chi connectivity index (χ0n) is 14.7. The summed E-state index contributed by atoms with van der Waals surface area (Å²) in [4.78, 5) is 12.1. The monoisotopic (exact) mass is 323 g/mol. The molecule has 0 aromatic carbocycles. The van der Waals surface area contributed by atoms with E-state index in [0.717, 1.165) is 42.6 Å². The molecule has 1 saturated heterocycles. The first kappa shape index (κ1) is 17.9. The molecule has 2 heterocycles. The Bertz CT molecular complexity index is 527. The number of carbonyl (C=O) groups is 1. The fourth-order valence-corrected chi connectivity index (χ4v) is 3.09. The molecular formula is C17H29N3O3. The number of hydrogen-bond acceptors (Lipinski definition) is 4.